The van der Waals surface area contributed by atoms with Crippen LogP contribution in [0.15, 0.2) is 24.3 Å². The Kier molecular flexibility index (Phi) is 4.17. The molecule has 0 aliphatic heterocycles. The molecule has 0 saturated heterocycles. The maximum atomic E-state index is 9.56. The third kappa shape index (κ3) is 3.31. The highest BCUT2D eigenvalue weighted by Crippen LogP contribution is 2.33. The number of aliphatic hydroxyl groups is 1. The monoisotopic (exact) mass is 229 g/mol. The van der Waals surface area contributed by atoms with E-state index >= 15 is 0 Å². The van der Waals surface area contributed by atoms with Crippen LogP contribution in [0.2, 0.25) is 0 Å². The van der Waals surface area contributed by atoms with Crippen molar-refractivity contribution in [3.05, 3.63) is 35.4 Å². The lowest BCUT2D eigenvalue weighted by Gasteiger charge is -2.11. The minimum Gasteiger partial charge on any atom is -0.392 e. The van der Waals surface area contributed by atoms with E-state index in [0.717, 1.165) is 11.5 Å². The van der Waals surface area contributed by atoms with Crippen LogP contribution in [-0.2, 0) is 6.42 Å². The summed E-state index contributed by atoms with van der Waals surface area (Å²) in [5.41, 5.74) is 2.55. The normalized spacial score (nSPS) is 17.9. The van der Waals surface area contributed by atoms with E-state index in [1.807, 2.05) is 6.07 Å². The second kappa shape index (κ2) is 5.84. The molecule has 0 amide bonds. The lowest BCUT2D eigenvalue weighted by atomic mass is 9.95. The average Bonchev–Trinajstić information content (AvgIpc) is 2.84. The van der Waals surface area contributed by atoms with Gasteiger partial charge in [0.2, 0.25) is 0 Å². The van der Waals surface area contributed by atoms with Crippen molar-refractivity contribution >= 4 is 0 Å². The molecule has 1 aromatic carbocycles. The molecule has 0 unspecified atom stereocenters. The SMILES string of the molecule is N#CC[C@@H](O)Cc1ccc(C2CCCC2)cc1. The highest BCUT2D eigenvalue weighted by molar-refractivity contribution is 5.26. The molecule has 0 heterocycles. The number of nitrogens with zero attached hydrogens (tertiary/aromatic N) is 1. The molecule has 0 aromatic heterocycles. The molecule has 2 heteroatoms. The van der Waals surface area contributed by atoms with E-state index in [1.165, 1.54) is 31.2 Å². The van der Waals surface area contributed by atoms with Gasteiger partial charge in [0.15, 0.2) is 0 Å². The molecule has 17 heavy (non-hydrogen) atoms. The molecule has 1 aromatic rings. The third-order valence-electron chi connectivity index (χ3n) is 3.60. The summed E-state index contributed by atoms with van der Waals surface area (Å²) in [6.07, 6.45) is 5.60. The van der Waals surface area contributed by atoms with Crippen LogP contribution in [0.4, 0.5) is 0 Å². The summed E-state index contributed by atoms with van der Waals surface area (Å²) in [6.45, 7) is 0. The van der Waals surface area contributed by atoms with Crippen LogP contribution in [0, 0.1) is 11.3 Å². The Morgan fingerprint density at radius 3 is 2.47 bits per heavy atom. The van der Waals surface area contributed by atoms with E-state index in [2.05, 4.69) is 24.3 Å². The van der Waals surface area contributed by atoms with Crippen molar-refractivity contribution in [2.45, 2.75) is 50.5 Å². The first-order valence-corrected chi connectivity index (χ1v) is 6.43. The van der Waals surface area contributed by atoms with Gasteiger partial charge in [-0.2, -0.15) is 5.26 Å². The Balaban J connectivity index is 1.95. The fraction of sp³-hybridized carbons (Fsp3) is 0.533. The van der Waals surface area contributed by atoms with Crippen molar-refractivity contribution in [3.8, 4) is 6.07 Å². The van der Waals surface area contributed by atoms with Crippen molar-refractivity contribution in [3.63, 3.8) is 0 Å². The van der Waals surface area contributed by atoms with Gasteiger partial charge in [-0.05, 0) is 36.3 Å². The summed E-state index contributed by atoms with van der Waals surface area (Å²) >= 11 is 0. The van der Waals surface area contributed by atoms with Crippen LogP contribution in [0.25, 0.3) is 0 Å². The lowest BCUT2D eigenvalue weighted by Crippen LogP contribution is -2.09. The summed E-state index contributed by atoms with van der Waals surface area (Å²) in [4.78, 5) is 0. The van der Waals surface area contributed by atoms with Gasteiger partial charge in [-0.25, -0.2) is 0 Å². The van der Waals surface area contributed by atoms with Crippen LogP contribution in [0.1, 0.15) is 49.1 Å². The number of benzene rings is 1. The molecule has 1 aliphatic rings. The van der Waals surface area contributed by atoms with E-state index in [1.54, 1.807) is 0 Å². The van der Waals surface area contributed by atoms with E-state index in [-0.39, 0.29) is 6.42 Å². The summed E-state index contributed by atoms with van der Waals surface area (Å²) < 4.78 is 0. The molecule has 1 N–H and O–H groups in total. The predicted octanol–water partition coefficient (Wildman–Crippen LogP) is 3.16. The number of nitriles is 1. The summed E-state index contributed by atoms with van der Waals surface area (Å²) in [6, 6.07) is 10.5. The van der Waals surface area contributed by atoms with Crippen LogP contribution < -0.4 is 0 Å². The smallest absolute Gasteiger partial charge is 0.0710 e. The Morgan fingerprint density at radius 1 is 1.24 bits per heavy atom. The molecular formula is C15H19NO. The van der Waals surface area contributed by atoms with Gasteiger partial charge in [-0.15, -0.1) is 0 Å². The Bertz CT molecular complexity index is 384. The highest BCUT2D eigenvalue weighted by atomic mass is 16.3. The molecule has 1 fully saturated rings. The zero-order valence-corrected chi connectivity index (χ0v) is 10.1. The minimum atomic E-state index is -0.530. The van der Waals surface area contributed by atoms with Crippen LogP contribution in [-0.4, -0.2) is 11.2 Å². The average molecular weight is 229 g/mol. The molecule has 1 atom stereocenters. The van der Waals surface area contributed by atoms with Crippen LogP contribution >= 0.6 is 0 Å². The van der Waals surface area contributed by atoms with Gasteiger partial charge >= 0.3 is 0 Å². The number of hydrogen-bond acceptors (Lipinski definition) is 2. The minimum absolute atomic E-state index is 0.213. The maximum absolute atomic E-state index is 9.56. The molecule has 0 radical (unpaired) electrons. The van der Waals surface area contributed by atoms with Gasteiger partial charge in [-0.3, -0.25) is 0 Å². The largest absolute Gasteiger partial charge is 0.392 e. The zero-order chi connectivity index (χ0) is 12.1. The first-order valence-electron chi connectivity index (χ1n) is 6.43. The van der Waals surface area contributed by atoms with E-state index in [9.17, 15) is 5.11 Å². The van der Waals surface area contributed by atoms with Crippen molar-refractivity contribution < 1.29 is 5.11 Å². The zero-order valence-electron chi connectivity index (χ0n) is 10.1. The second-order valence-electron chi connectivity index (χ2n) is 4.94. The van der Waals surface area contributed by atoms with Gasteiger partial charge in [0.25, 0.3) is 0 Å². The summed E-state index contributed by atoms with van der Waals surface area (Å²) in [7, 11) is 0. The van der Waals surface area contributed by atoms with Gasteiger partial charge in [-0.1, -0.05) is 37.1 Å². The molecule has 1 saturated carbocycles. The molecule has 1 aliphatic carbocycles. The first-order chi connectivity index (χ1) is 8.29. The summed E-state index contributed by atoms with van der Waals surface area (Å²) in [5.74, 6) is 0.744. The lowest BCUT2D eigenvalue weighted by molar-refractivity contribution is 0.180. The van der Waals surface area contributed by atoms with Crippen LogP contribution in [0.5, 0.6) is 0 Å². The van der Waals surface area contributed by atoms with Gasteiger partial charge < -0.3 is 5.11 Å². The first kappa shape index (κ1) is 12.1. The molecule has 90 valence electrons. The van der Waals surface area contributed by atoms with Crippen molar-refractivity contribution in [1.29, 1.82) is 5.26 Å². The quantitative estimate of drug-likeness (QED) is 0.861. The highest BCUT2D eigenvalue weighted by Gasteiger charge is 2.16. The molecule has 2 rings (SSSR count). The second-order valence-corrected chi connectivity index (χ2v) is 4.94. The van der Waals surface area contributed by atoms with Gasteiger partial charge in [0.05, 0.1) is 18.6 Å². The standard InChI is InChI=1S/C15H19NO/c16-10-9-15(17)11-12-5-7-14(8-6-12)13-3-1-2-4-13/h5-8,13,15,17H,1-4,9,11H2/t15-/m1/s1. The molecule has 2 nitrogen and oxygen atoms in total. The number of hydrogen-bond donors (Lipinski definition) is 1. The van der Waals surface area contributed by atoms with Crippen molar-refractivity contribution in [2.75, 3.05) is 0 Å². The van der Waals surface area contributed by atoms with Gasteiger partial charge in [0, 0.05) is 0 Å². The topological polar surface area (TPSA) is 44.0 Å². The van der Waals surface area contributed by atoms with Crippen molar-refractivity contribution in [2.24, 2.45) is 0 Å². The van der Waals surface area contributed by atoms with E-state index in [4.69, 9.17) is 5.26 Å². The van der Waals surface area contributed by atoms with E-state index in [0.29, 0.717) is 6.42 Å². The predicted molar refractivity (Wildman–Crippen MR) is 67.6 cm³/mol. The van der Waals surface area contributed by atoms with Crippen LogP contribution in [0.3, 0.4) is 0 Å². The van der Waals surface area contributed by atoms with E-state index < -0.39 is 6.10 Å². The molecule has 0 bridgehead atoms. The Hall–Kier alpha value is -1.33. The number of aliphatic hydroxyl groups excluding tert-OH is 1. The molecule has 0 spiro atoms. The number of rotatable bonds is 4. The van der Waals surface area contributed by atoms with Crippen molar-refractivity contribution in [1.82, 2.24) is 0 Å². The third-order valence-corrected chi connectivity index (χ3v) is 3.60. The van der Waals surface area contributed by atoms with Gasteiger partial charge in [0.1, 0.15) is 0 Å². The fourth-order valence-corrected chi connectivity index (χ4v) is 2.63. The fourth-order valence-electron chi connectivity index (χ4n) is 2.63. The maximum Gasteiger partial charge on any atom is 0.0710 e. The Morgan fingerprint density at radius 2 is 1.88 bits per heavy atom. The molecular weight excluding hydrogens is 210 g/mol. The summed E-state index contributed by atoms with van der Waals surface area (Å²) in [5, 5.41) is 18.1. The Labute approximate surface area is 103 Å².